The molecule has 0 spiro atoms. The lowest BCUT2D eigenvalue weighted by molar-refractivity contribution is 0.352. The molecule has 0 saturated heterocycles. The molecule has 0 aliphatic rings. The second kappa shape index (κ2) is 10.00. The van der Waals surface area contributed by atoms with E-state index in [1.54, 1.807) is 24.3 Å². The molecule has 2 aromatic carbocycles. The molecule has 0 aliphatic carbocycles. The van der Waals surface area contributed by atoms with Gasteiger partial charge in [-0.3, -0.25) is 8.42 Å². The molecule has 0 bridgehead atoms. The normalized spacial score (nSPS) is 8.76. The second-order valence-corrected chi connectivity index (χ2v) is 4.10. The Morgan fingerprint density at radius 2 is 0.952 bits per heavy atom. The van der Waals surface area contributed by atoms with E-state index in [9.17, 15) is 0 Å². The summed E-state index contributed by atoms with van der Waals surface area (Å²) in [5.41, 5.74) is 1.18. The molecule has 0 radical (unpaired) electrons. The summed E-state index contributed by atoms with van der Waals surface area (Å²) in [7, 11) is -5.17. The van der Waals surface area contributed by atoms with Gasteiger partial charge >= 0.3 is 11.4 Å². The highest BCUT2D eigenvalue weighted by molar-refractivity contribution is 7.79. The lowest BCUT2D eigenvalue weighted by Gasteiger charge is -2.06. The first kappa shape index (κ1) is 18.1. The molecule has 0 unspecified atom stereocenters. The van der Waals surface area contributed by atoms with E-state index in [4.69, 9.17) is 28.3 Å². The van der Waals surface area contributed by atoms with Crippen molar-refractivity contribution >= 4 is 21.8 Å². The number of nitrogens with zero attached hydrogens (tertiary/aromatic N) is 4. The smallest absolute Gasteiger partial charge is 0.385 e. The van der Waals surface area contributed by atoms with Crippen LogP contribution in [0.3, 0.4) is 0 Å². The fourth-order valence-electron chi connectivity index (χ4n) is 0.989. The first-order valence-electron chi connectivity index (χ1n) is 5.34. The van der Waals surface area contributed by atoms with Crippen LogP contribution in [0.25, 0.3) is 9.95 Å². The van der Waals surface area contributed by atoms with Gasteiger partial charge in [-0.1, -0.05) is 36.4 Å². The zero-order chi connectivity index (χ0) is 16.1. The Kier molecular flexibility index (Phi) is 8.64. The summed E-state index contributed by atoms with van der Waals surface area (Å²) < 4.78 is 34.1. The maximum Gasteiger partial charge on any atom is 0.385 e. The molecule has 2 rings (SSSR count). The van der Waals surface area contributed by atoms with Gasteiger partial charge in [-0.05, 0) is 0 Å². The van der Waals surface area contributed by atoms with Crippen LogP contribution in [0, 0.1) is 10.8 Å². The number of hydrogen-bond donors (Lipinski definition) is 0. The van der Waals surface area contributed by atoms with E-state index in [-0.39, 0.29) is 0 Å². The Bertz CT molecular complexity index is 649. The van der Waals surface area contributed by atoms with Crippen molar-refractivity contribution in [2.24, 2.45) is 0 Å². The summed E-state index contributed by atoms with van der Waals surface area (Å²) in [6, 6.07) is 17.9. The minimum absolute atomic E-state index is 0.590. The molecular weight excluding hydrogens is 296 g/mol. The molecule has 0 N–H and O–H groups in total. The SMILES string of the molecule is N#[N+]c1ccccc1.N#[N+]c1ccccc1.O=S(=O)([O-])[O-]. The molecule has 8 nitrogen and oxygen atoms in total. The highest BCUT2D eigenvalue weighted by atomic mass is 32.3. The third-order valence-electron chi connectivity index (χ3n) is 1.74. The van der Waals surface area contributed by atoms with Crippen LogP contribution >= 0.6 is 0 Å². The Morgan fingerprint density at radius 1 is 0.714 bits per heavy atom. The summed E-state index contributed by atoms with van der Waals surface area (Å²) >= 11 is 0. The highest BCUT2D eigenvalue weighted by Gasteiger charge is 1.96. The van der Waals surface area contributed by atoms with Crippen LogP contribution < -0.4 is 0 Å². The first-order valence-corrected chi connectivity index (χ1v) is 6.67. The molecule has 0 fully saturated rings. The maximum absolute atomic E-state index is 8.52. The van der Waals surface area contributed by atoms with Crippen molar-refractivity contribution in [1.29, 1.82) is 10.8 Å². The molecule has 0 saturated carbocycles. The Labute approximate surface area is 121 Å². The van der Waals surface area contributed by atoms with Gasteiger partial charge < -0.3 is 9.11 Å². The zero-order valence-electron chi connectivity index (χ0n) is 10.6. The van der Waals surface area contributed by atoms with Gasteiger partial charge in [0.2, 0.25) is 10.8 Å². The van der Waals surface area contributed by atoms with E-state index >= 15 is 0 Å². The van der Waals surface area contributed by atoms with Crippen molar-refractivity contribution in [2.45, 2.75) is 0 Å². The number of diazo groups is 2. The standard InChI is InChI=1S/2C6H5N2.H2O4S/c2*7-8-6-4-2-1-3-5-6;1-5(2,3)4/h2*1-5H;(H2,1,2,3,4)/q2*+1;/p-2. The predicted octanol–water partition coefficient (Wildman–Crippen LogP) is 3.00. The maximum atomic E-state index is 8.52. The quantitative estimate of drug-likeness (QED) is 0.416. The lowest BCUT2D eigenvalue weighted by Crippen LogP contribution is -1.91. The molecule has 0 atom stereocenters. The van der Waals surface area contributed by atoms with Crippen LogP contribution in [-0.4, -0.2) is 17.5 Å². The second-order valence-electron chi connectivity index (χ2n) is 3.28. The molecule has 0 aromatic heterocycles. The fourth-order valence-corrected chi connectivity index (χ4v) is 0.989. The minimum atomic E-state index is -5.17. The Balaban J connectivity index is 0.000000296. The number of rotatable bonds is 0. The van der Waals surface area contributed by atoms with E-state index < -0.39 is 10.4 Å². The number of hydrogen-bond acceptors (Lipinski definition) is 6. The van der Waals surface area contributed by atoms with Gasteiger partial charge in [-0.25, -0.2) is 0 Å². The van der Waals surface area contributed by atoms with Crippen molar-refractivity contribution < 1.29 is 17.5 Å². The van der Waals surface area contributed by atoms with Gasteiger partial charge in [0.1, 0.15) is 0 Å². The van der Waals surface area contributed by atoms with Crippen LogP contribution in [0.15, 0.2) is 60.7 Å². The van der Waals surface area contributed by atoms with Crippen molar-refractivity contribution in [1.82, 2.24) is 0 Å². The Hall–Kier alpha value is -2.85. The molecular formula is C12H10N4O4S. The van der Waals surface area contributed by atoms with Crippen molar-refractivity contribution in [3.05, 3.63) is 70.6 Å². The van der Waals surface area contributed by atoms with Gasteiger partial charge in [0, 0.05) is 34.7 Å². The molecule has 0 aliphatic heterocycles. The van der Waals surface area contributed by atoms with E-state index in [1.807, 2.05) is 36.4 Å². The van der Waals surface area contributed by atoms with Crippen molar-refractivity contribution in [2.75, 3.05) is 0 Å². The average molecular weight is 306 g/mol. The van der Waals surface area contributed by atoms with E-state index in [1.165, 1.54) is 0 Å². The minimum Gasteiger partial charge on any atom is -0.759 e. The largest absolute Gasteiger partial charge is 0.759 e. The molecule has 2 aromatic rings. The van der Waals surface area contributed by atoms with Gasteiger partial charge in [-0.2, -0.15) is 0 Å². The molecule has 21 heavy (non-hydrogen) atoms. The van der Waals surface area contributed by atoms with Crippen LogP contribution in [0.5, 0.6) is 0 Å². The van der Waals surface area contributed by atoms with Crippen molar-refractivity contribution in [3.63, 3.8) is 0 Å². The topological polar surface area (TPSA) is 137 Å². The lowest BCUT2D eigenvalue weighted by atomic mass is 10.3. The van der Waals surface area contributed by atoms with E-state index in [2.05, 4.69) is 9.95 Å². The van der Waals surface area contributed by atoms with Gasteiger partial charge in [0.15, 0.2) is 9.95 Å². The van der Waals surface area contributed by atoms with E-state index in [0.29, 0.717) is 11.4 Å². The predicted molar refractivity (Wildman–Crippen MR) is 72.8 cm³/mol. The zero-order valence-corrected chi connectivity index (χ0v) is 11.4. The monoisotopic (exact) mass is 306 g/mol. The third kappa shape index (κ3) is 13.4. The summed E-state index contributed by atoms with van der Waals surface area (Å²) in [6.45, 7) is 0. The van der Waals surface area contributed by atoms with E-state index in [0.717, 1.165) is 0 Å². The van der Waals surface area contributed by atoms with Crippen LogP contribution in [-0.2, 0) is 10.4 Å². The van der Waals surface area contributed by atoms with Crippen LogP contribution in [0.1, 0.15) is 0 Å². The van der Waals surface area contributed by atoms with Gasteiger partial charge in [0.05, 0.1) is 0 Å². The Morgan fingerprint density at radius 3 is 1.10 bits per heavy atom. The van der Waals surface area contributed by atoms with Crippen molar-refractivity contribution in [3.8, 4) is 0 Å². The van der Waals surface area contributed by atoms with Gasteiger partial charge in [0.25, 0.3) is 0 Å². The number of benzene rings is 2. The molecule has 108 valence electrons. The molecule has 0 heterocycles. The van der Waals surface area contributed by atoms with Gasteiger partial charge in [-0.15, -0.1) is 0 Å². The summed E-state index contributed by atoms with van der Waals surface area (Å²) in [4.78, 5) is 5.94. The molecule has 9 heteroatoms. The van der Waals surface area contributed by atoms with Crippen LogP contribution in [0.2, 0.25) is 0 Å². The summed E-state index contributed by atoms with van der Waals surface area (Å²) in [6.07, 6.45) is 0. The molecule has 0 amide bonds. The average Bonchev–Trinajstić information content (AvgIpc) is 2.48. The third-order valence-corrected chi connectivity index (χ3v) is 1.74. The van der Waals surface area contributed by atoms with Crippen LogP contribution in [0.4, 0.5) is 11.4 Å². The summed E-state index contributed by atoms with van der Waals surface area (Å²) in [5.74, 6) is 0. The summed E-state index contributed by atoms with van der Waals surface area (Å²) in [5, 5.41) is 16.3. The highest BCUT2D eigenvalue weighted by Crippen LogP contribution is 2.08. The first-order chi connectivity index (χ1) is 9.86. The fraction of sp³-hybridized carbons (Fsp3) is 0.